The molecule has 4 nitrogen and oxygen atoms in total. The van der Waals surface area contributed by atoms with Crippen molar-refractivity contribution in [3.63, 3.8) is 0 Å². The van der Waals surface area contributed by atoms with Gasteiger partial charge in [0.05, 0.1) is 0 Å². The van der Waals surface area contributed by atoms with Gasteiger partial charge in [-0.2, -0.15) is 22.2 Å². The van der Waals surface area contributed by atoms with Gasteiger partial charge in [0, 0.05) is 10.4 Å². The van der Waals surface area contributed by atoms with E-state index in [4.69, 9.17) is 32.4 Å². The molecule has 0 fully saturated rings. The van der Waals surface area contributed by atoms with Gasteiger partial charge in [-0.05, 0) is 0 Å². The molecule has 0 radical (unpaired) electrons. The molecule has 0 aromatic rings. The molecule has 0 aliphatic rings. The van der Waals surface area contributed by atoms with Gasteiger partial charge in [0.2, 0.25) is 0 Å². The van der Waals surface area contributed by atoms with Crippen LogP contribution < -0.4 is 0 Å². The molecule has 0 aliphatic carbocycles. The van der Waals surface area contributed by atoms with Crippen LogP contribution in [0.2, 0.25) is 26.2 Å². The van der Waals surface area contributed by atoms with Gasteiger partial charge in [-0.3, -0.25) is 0 Å². The van der Waals surface area contributed by atoms with Gasteiger partial charge in [-0.1, -0.05) is 26.2 Å². The molecule has 0 atom stereocenters. The molecule has 16 heavy (non-hydrogen) atoms. The van der Waals surface area contributed by atoms with Gasteiger partial charge in [0.15, 0.2) is 14.8 Å². The molecule has 0 unspecified atom stereocenters. The van der Waals surface area contributed by atoms with Gasteiger partial charge in [0.1, 0.15) is 0 Å². The van der Waals surface area contributed by atoms with Crippen molar-refractivity contribution in [3.8, 4) is 0 Å². The highest BCUT2D eigenvalue weighted by Crippen LogP contribution is 2.30. The molecule has 0 saturated heterocycles. The summed E-state index contributed by atoms with van der Waals surface area (Å²) in [6, 6.07) is 0. The predicted molar refractivity (Wildman–Crippen MR) is 69.0 cm³/mol. The molecule has 0 saturated carbocycles. The van der Waals surface area contributed by atoms with E-state index < -0.39 is 26.7 Å². The SMILES string of the molecule is C[Si](C)(Cl)/C(C(=O)O)=C(\C(=O)O)[Si](C)(C)Cl. The first-order chi connectivity index (χ1) is 6.89. The second kappa shape index (κ2) is 4.91. The number of rotatable bonds is 4. The van der Waals surface area contributed by atoms with Gasteiger partial charge >= 0.3 is 11.9 Å². The van der Waals surface area contributed by atoms with Crippen LogP contribution in [-0.4, -0.2) is 36.9 Å². The molecule has 0 heterocycles. The molecule has 0 amide bonds. The lowest BCUT2D eigenvalue weighted by Gasteiger charge is -2.22. The van der Waals surface area contributed by atoms with Crippen LogP contribution in [0.15, 0.2) is 10.4 Å². The normalized spacial score (nSPS) is 14.4. The van der Waals surface area contributed by atoms with E-state index in [9.17, 15) is 9.59 Å². The molecular formula is C8H14Cl2O4Si2. The van der Waals surface area contributed by atoms with Crippen LogP contribution in [0, 0.1) is 0 Å². The summed E-state index contributed by atoms with van der Waals surface area (Å²) in [5.74, 6) is -2.57. The van der Waals surface area contributed by atoms with Gasteiger partial charge < -0.3 is 10.2 Å². The summed E-state index contributed by atoms with van der Waals surface area (Å²) in [6.07, 6.45) is 0. The summed E-state index contributed by atoms with van der Waals surface area (Å²) in [5, 5.41) is 17.8. The van der Waals surface area contributed by atoms with Crippen LogP contribution in [0.3, 0.4) is 0 Å². The summed E-state index contributed by atoms with van der Waals surface area (Å²) in [4.78, 5) is 22.3. The highest BCUT2D eigenvalue weighted by atomic mass is 35.6. The molecular weight excluding hydrogens is 287 g/mol. The summed E-state index contributed by atoms with van der Waals surface area (Å²) in [5.41, 5.74) is 0. The number of carboxylic acid groups (broad SMARTS) is 2. The molecule has 0 spiro atoms. The maximum absolute atomic E-state index is 11.1. The van der Waals surface area contributed by atoms with Crippen molar-refractivity contribution in [1.82, 2.24) is 0 Å². The van der Waals surface area contributed by atoms with E-state index in [0.29, 0.717) is 0 Å². The first-order valence-electron chi connectivity index (χ1n) is 4.48. The third-order valence-electron chi connectivity index (χ3n) is 1.87. The van der Waals surface area contributed by atoms with Gasteiger partial charge in [-0.15, -0.1) is 0 Å². The summed E-state index contributed by atoms with van der Waals surface area (Å²) in [7, 11) is -5.53. The molecule has 0 aliphatic heterocycles. The lowest BCUT2D eigenvalue weighted by Crippen LogP contribution is -2.38. The van der Waals surface area contributed by atoms with Crippen LogP contribution in [0.4, 0.5) is 0 Å². The Morgan fingerprint density at radius 3 is 1.06 bits per heavy atom. The number of aliphatic carboxylic acids is 2. The first kappa shape index (κ1) is 15.7. The Hall–Kier alpha value is -0.306. The Labute approximate surface area is 105 Å². The zero-order valence-electron chi connectivity index (χ0n) is 9.47. The van der Waals surface area contributed by atoms with E-state index in [1.54, 1.807) is 26.2 Å². The maximum Gasteiger partial charge on any atom is 0.328 e. The zero-order valence-corrected chi connectivity index (χ0v) is 13.0. The molecule has 0 rings (SSSR count). The molecule has 8 heteroatoms. The largest absolute Gasteiger partial charge is 0.478 e. The molecule has 0 bridgehead atoms. The van der Waals surface area contributed by atoms with Crippen LogP contribution in [0.1, 0.15) is 0 Å². The smallest absolute Gasteiger partial charge is 0.328 e. The van der Waals surface area contributed by atoms with Crippen LogP contribution >= 0.6 is 22.2 Å². The van der Waals surface area contributed by atoms with Crippen molar-refractivity contribution in [2.24, 2.45) is 0 Å². The van der Waals surface area contributed by atoms with Gasteiger partial charge in [0.25, 0.3) is 0 Å². The standard InChI is InChI=1S/C8H14Cl2O4Si2/c1-15(2,9)5(7(11)12)6(8(13)14)16(3,4)10/h1-4H3,(H,11,12)(H,13,14)/b6-5+. The fraction of sp³-hybridized carbons (Fsp3) is 0.500. The second-order valence-electron chi connectivity index (χ2n) is 4.31. The maximum atomic E-state index is 11.1. The van der Waals surface area contributed by atoms with E-state index in [1.165, 1.54) is 0 Å². The van der Waals surface area contributed by atoms with E-state index >= 15 is 0 Å². The number of carbonyl (C=O) groups is 2. The van der Waals surface area contributed by atoms with Crippen molar-refractivity contribution in [2.75, 3.05) is 0 Å². The van der Waals surface area contributed by atoms with E-state index in [2.05, 4.69) is 0 Å². The minimum atomic E-state index is -2.76. The summed E-state index contributed by atoms with van der Waals surface area (Å²) < 4.78 is 0. The van der Waals surface area contributed by atoms with Crippen molar-refractivity contribution < 1.29 is 19.8 Å². The fourth-order valence-electron chi connectivity index (χ4n) is 1.32. The minimum Gasteiger partial charge on any atom is -0.478 e. The minimum absolute atomic E-state index is 0.201. The summed E-state index contributed by atoms with van der Waals surface area (Å²) in [6.45, 7) is 6.27. The predicted octanol–water partition coefficient (Wildman–Crippen LogP) is 2.42. The van der Waals surface area contributed by atoms with E-state index in [-0.39, 0.29) is 10.4 Å². The Morgan fingerprint density at radius 2 is 1.00 bits per heavy atom. The average Bonchev–Trinajstić information content (AvgIpc) is 1.92. The molecule has 0 aromatic carbocycles. The average molecular weight is 301 g/mol. The van der Waals surface area contributed by atoms with Crippen LogP contribution in [0.5, 0.6) is 0 Å². The Bertz CT molecular complexity index is 318. The lowest BCUT2D eigenvalue weighted by atomic mass is 10.5. The fourth-order valence-corrected chi connectivity index (χ4v) is 7.14. The molecule has 92 valence electrons. The van der Waals surface area contributed by atoms with Crippen molar-refractivity contribution in [1.29, 1.82) is 0 Å². The van der Waals surface area contributed by atoms with Crippen molar-refractivity contribution >= 4 is 48.9 Å². The molecule has 0 aromatic heterocycles. The van der Waals surface area contributed by atoms with E-state index in [0.717, 1.165) is 0 Å². The van der Waals surface area contributed by atoms with Crippen molar-refractivity contribution in [3.05, 3.63) is 10.4 Å². The lowest BCUT2D eigenvalue weighted by molar-refractivity contribution is -0.135. The van der Waals surface area contributed by atoms with Crippen LogP contribution in [0.25, 0.3) is 0 Å². The monoisotopic (exact) mass is 300 g/mol. The highest BCUT2D eigenvalue weighted by molar-refractivity contribution is 7.29. The number of halogens is 2. The van der Waals surface area contributed by atoms with E-state index in [1.807, 2.05) is 0 Å². The topological polar surface area (TPSA) is 74.6 Å². The second-order valence-corrected chi connectivity index (χ2v) is 16.9. The Kier molecular flexibility index (Phi) is 4.81. The van der Waals surface area contributed by atoms with Gasteiger partial charge in [-0.25, -0.2) is 9.59 Å². The van der Waals surface area contributed by atoms with Crippen molar-refractivity contribution in [2.45, 2.75) is 26.2 Å². The first-order valence-corrected chi connectivity index (χ1v) is 12.5. The number of hydrogen-bond acceptors (Lipinski definition) is 2. The molecule has 2 N–H and O–H groups in total. The highest BCUT2D eigenvalue weighted by Gasteiger charge is 2.41. The number of carboxylic acids is 2. The third kappa shape index (κ3) is 3.93. The Balaban J connectivity index is 6.09. The number of hydrogen-bond donors (Lipinski definition) is 2. The quantitative estimate of drug-likeness (QED) is 0.475. The van der Waals surface area contributed by atoms with Crippen LogP contribution in [-0.2, 0) is 9.59 Å². The zero-order chi connectivity index (χ0) is 13.3. The third-order valence-corrected chi connectivity index (χ3v) is 6.56. The summed E-state index contributed by atoms with van der Waals surface area (Å²) >= 11 is 12.1. The Morgan fingerprint density at radius 1 is 0.812 bits per heavy atom.